The van der Waals surface area contributed by atoms with Crippen LogP contribution in [-0.4, -0.2) is 46.3 Å². The molecule has 7 nitrogen and oxygen atoms in total. The molecule has 0 unspecified atom stereocenters. The van der Waals surface area contributed by atoms with Gasteiger partial charge in [-0.05, 0) is 38.2 Å². The normalized spacial score (nSPS) is 19.3. The van der Waals surface area contributed by atoms with Gasteiger partial charge >= 0.3 is 0 Å². The number of alkyl halides is 1. The first kappa shape index (κ1) is 21.5. The van der Waals surface area contributed by atoms with E-state index in [1.807, 2.05) is 19.9 Å². The fraction of sp³-hybridized carbons (Fsp3) is 0.565. The Kier molecular flexibility index (Phi) is 5.58. The van der Waals surface area contributed by atoms with Crippen molar-refractivity contribution in [1.82, 2.24) is 15.0 Å². The van der Waals surface area contributed by atoms with Gasteiger partial charge in [-0.15, -0.1) is 0 Å². The summed E-state index contributed by atoms with van der Waals surface area (Å²) in [6.07, 6.45) is 4.34. The third kappa shape index (κ3) is 4.62. The molecular weight excluding hydrogens is 397 g/mol. The Labute approximate surface area is 181 Å². The van der Waals surface area contributed by atoms with Crippen LogP contribution in [0.1, 0.15) is 64.3 Å². The number of anilines is 1. The van der Waals surface area contributed by atoms with Crippen molar-refractivity contribution in [2.24, 2.45) is 5.41 Å². The number of amides is 1. The molecule has 166 valence electrons. The van der Waals surface area contributed by atoms with Crippen LogP contribution < -0.4 is 5.32 Å². The standard InChI is InChI=1S/C23H30FN5O2/c1-15(2)26-18-12-16(4-5-17(18)14-25)20-27-21(31-28-20)23(24)8-10-29(11-9-23)19(30)13-22(3)6-7-22/h4-5,12,14-15,25-26H,6-11,13H2,1-3H3. The SMILES string of the molecule is CC(C)Nc1cc(-c2noc(C3(F)CCN(C(=O)CC4(C)CC4)CC3)n2)ccc1C=N. The fourth-order valence-corrected chi connectivity index (χ4v) is 3.97. The molecule has 4 rings (SSSR count). The molecule has 8 heteroatoms. The van der Waals surface area contributed by atoms with E-state index in [0.717, 1.165) is 24.1 Å². The van der Waals surface area contributed by atoms with E-state index in [9.17, 15) is 4.79 Å². The Bertz CT molecular complexity index is 974. The average molecular weight is 428 g/mol. The van der Waals surface area contributed by atoms with Crippen LogP contribution in [-0.2, 0) is 10.5 Å². The Balaban J connectivity index is 1.46. The molecule has 2 fully saturated rings. The molecule has 2 aliphatic rings. The summed E-state index contributed by atoms with van der Waals surface area (Å²) < 4.78 is 20.9. The van der Waals surface area contributed by atoms with Gasteiger partial charge in [-0.1, -0.05) is 24.2 Å². The highest BCUT2D eigenvalue weighted by Crippen LogP contribution is 2.48. The third-order valence-corrected chi connectivity index (χ3v) is 6.31. The minimum Gasteiger partial charge on any atom is -0.382 e. The maximum atomic E-state index is 15.6. The molecule has 2 N–H and O–H groups in total. The Hall–Kier alpha value is -2.77. The number of nitrogens with zero attached hydrogens (tertiary/aromatic N) is 3. The van der Waals surface area contributed by atoms with Gasteiger partial charge in [0.2, 0.25) is 11.7 Å². The lowest BCUT2D eigenvalue weighted by molar-refractivity contribution is -0.135. The highest BCUT2D eigenvalue weighted by molar-refractivity contribution is 5.87. The molecule has 1 aromatic carbocycles. The van der Waals surface area contributed by atoms with E-state index in [4.69, 9.17) is 9.93 Å². The summed E-state index contributed by atoms with van der Waals surface area (Å²) in [5, 5.41) is 14.9. The van der Waals surface area contributed by atoms with Crippen LogP contribution in [0.4, 0.5) is 10.1 Å². The van der Waals surface area contributed by atoms with Crippen LogP contribution in [0, 0.1) is 10.8 Å². The fourth-order valence-electron chi connectivity index (χ4n) is 3.97. The van der Waals surface area contributed by atoms with Crippen molar-refractivity contribution in [2.45, 2.75) is 64.6 Å². The topological polar surface area (TPSA) is 95.1 Å². The number of aromatic nitrogens is 2. The molecule has 0 spiro atoms. The third-order valence-electron chi connectivity index (χ3n) is 6.31. The zero-order valence-corrected chi connectivity index (χ0v) is 18.4. The molecule has 1 saturated heterocycles. The highest BCUT2D eigenvalue weighted by atomic mass is 19.1. The first-order valence-electron chi connectivity index (χ1n) is 10.9. The number of piperidine rings is 1. The minimum atomic E-state index is -1.72. The summed E-state index contributed by atoms with van der Waals surface area (Å²) >= 11 is 0. The van der Waals surface area contributed by atoms with E-state index >= 15 is 4.39 Å². The predicted molar refractivity (Wildman–Crippen MR) is 117 cm³/mol. The van der Waals surface area contributed by atoms with Crippen molar-refractivity contribution in [1.29, 1.82) is 5.41 Å². The second-order valence-electron chi connectivity index (χ2n) is 9.50. The lowest BCUT2D eigenvalue weighted by Gasteiger charge is -2.34. The number of carbonyl (C=O) groups excluding carboxylic acids is 1. The van der Waals surface area contributed by atoms with Crippen molar-refractivity contribution in [3.8, 4) is 11.4 Å². The molecule has 1 amide bonds. The quantitative estimate of drug-likeness (QED) is 0.633. The van der Waals surface area contributed by atoms with Crippen molar-refractivity contribution in [3.63, 3.8) is 0 Å². The molecule has 1 aromatic heterocycles. The maximum Gasteiger partial charge on any atom is 0.264 e. The van der Waals surface area contributed by atoms with Crippen LogP contribution >= 0.6 is 0 Å². The zero-order chi connectivity index (χ0) is 22.2. The van der Waals surface area contributed by atoms with Gasteiger partial charge in [0.1, 0.15) is 0 Å². The van der Waals surface area contributed by atoms with E-state index in [1.165, 1.54) is 6.21 Å². The van der Waals surface area contributed by atoms with E-state index in [2.05, 4.69) is 22.4 Å². The summed E-state index contributed by atoms with van der Waals surface area (Å²) in [6.45, 7) is 6.88. The van der Waals surface area contributed by atoms with E-state index in [1.54, 1.807) is 17.0 Å². The second kappa shape index (κ2) is 8.05. The molecule has 1 aliphatic heterocycles. The molecule has 2 aromatic rings. The van der Waals surface area contributed by atoms with Crippen LogP contribution in [0.25, 0.3) is 11.4 Å². The Morgan fingerprint density at radius 1 is 1.32 bits per heavy atom. The van der Waals surface area contributed by atoms with E-state index in [-0.39, 0.29) is 36.1 Å². The van der Waals surface area contributed by atoms with E-state index in [0.29, 0.717) is 30.9 Å². The molecule has 0 bridgehead atoms. The zero-order valence-electron chi connectivity index (χ0n) is 18.4. The largest absolute Gasteiger partial charge is 0.382 e. The summed E-state index contributed by atoms with van der Waals surface area (Å²) in [7, 11) is 0. The van der Waals surface area contributed by atoms with Gasteiger partial charge in [-0.25, -0.2) is 4.39 Å². The monoisotopic (exact) mass is 427 g/mol. The van der Waals surface area contributed by atoms with Gasteiger partial charge in [0, 0.05) is 61.4 Å². The molecule has 0 radical (unpaired) electrons. The lowest BCUT2D eigenvalue weighted by Crippen LogP contribution is -2.44. The van der Waals surface area contributed by atoms with Crippen LogP contribution in [0.5, 0.6) is 0 Å². The van der Waals surface area contributed by atoms with Crippen LogP contribution in [0.2, 0.25) is 0 Å². The molecule has 1 aliphatic carbocycles. The molecule has 31 heavy (non-hydrogen) atoms. The summed E-state index contributed by atoms with van der Waals surface area (Å²) in [6, 6.07) is 5.64. The molecular formula is C23H30FN5O2. The minimum absolute atomic E-state index is 0.0294. The number of nitrogens with one attached hydrogen (secondary N) is 2. The summed E-state index contributed by atoms with van der Waals surface area (Å²) in [4.78, 5) is 18.6. The van der Waals surface area contributed by atoms with Crippen LogP contribution in [0.3, 0.4) is 0 Å². The number of hydrogen-bond acceptors (Lipinski definition) is 6. The summed E-state index contributed by atoms with van der Waals surface area (Å²) in [5.74, 6) is 0.401. The van der Waals surface area contributed by atoms with Crippen molar-refractivity contribution < 1.29 is 13.7 Å². The number of hydrogen-bond donors (Lipinski definition) is 2. The summed E-state index contributed by atoms with van der Waals surface area (Å²) in [5.41, 5.74) is 0.663. The average Bonchev–Trinajstić information content (AvgIpc) is 3.25. The van der Waals surface area contributed by atoms with Crippen LogP contribution in [0.15, 0.2) is 22.7 Å². The van der Waals surface area contributed by atoms with Gasteiger partial charge in [-0.3, -0.25) is 4.79 Å². The Morgan fingerprint density at radius 2 is 2.03 bits per heavy atom. The number of likely N-dealkylation sites (tertiary alicyclic amines) is 1. The highest BCUT2D eigenvalue weighted by Gasteiger charge is 2.45. The van der Waals surface area contributed by atoms with Gasteiger partial charge in [-0.2, -0.15) is 4.98 Å². The lowest BCUT2D eigenvalue weighted by atomic mass is 9.92. The maximum absolute atomic E-state index is 15.6. The van der Waals surface area contributed by atoms with Gasteiger partial charge in [0.25, 0.3) is 5.89 Å². The van der Waals surface area contributed by atoms with Crippen molar-refractivity contribution in [3.05, 3.63) is 29.7 Å². The number of benzene rings is 1. The van der Waals surface area contributed by atoms with Gasteiger partial charge < -0.3 is 20.1 Å². The smallest absolute Gasteiger partial charge is 0.264 e. The first-order chi connectivity index (χ1) is 14.7. The van der Waals surface area contributed by atoms with Crippen molar-refractivity contribution >= 4 is 17.8 Å². The predicted octanol–water partition coefficient (Wildman–Crippen LogP) is 4.53. The number of rotatable bonds is 7. The molecule has 0 atom stereocenters. The number of carbonyl (C=O) groups is 1. The van der Waals surface area contributed by atoms with Crippen molar-refractivity contribution in [2.75, 3.05) is 18.4 Å². The van der Waals surface area contributed by atoms with Gasteiger partial charge in [0.15, 0.2) is 5.67 Å². The van der Waals surface area contributed by atoms with Gasteiger partial charge in [0.05, 0.1) is 0 Å². The first-order valence-corrected chi connectivity index (χ1v) is 10.9. The molecule has 2 heterocycles. The number of halogens is 1. The second-order valence-corrected chi connectivity index (χ2v) is 9.50. The molecule has 1 saturated carbocycles. The Morgan fingerprint density at radius 3 is 2.65 bits per heavy atom. The van der Waals surface area contributed by atoms with E-state index < -0.39 is 5.67 Å².